The summed E-state index contributed by atoms with van der Waals surface area (Å²) in [7, 11) is 3.88. The number of halogens is 3. The van der Waals surface area contributed by atoms with Crippen molar-refractivity contribution in [2.75, 3.05) is 20.6 Å². The number of aromatic nitrogens is 2. The number of ketones is 1. The Kier molecular flexibility index (Phi) is 5.27. The van der Waals surface area contributed by atoms with Gasteiger partial charge in [-0.1, -0.05) is 40.9 Å². The predicted molar refractivity (Wildman–Crippen MR) is 85.7 cm³/mol. The largest absolute Gasteiger partial charge is 0.308 e. The summed E-state index contributed by atoms with van der Waals surface area (Å²) < 4.78 is 1.57. The highest BCUT2D eigenvalue weighted by Crippen LogP contribution is 2.29. The van der Waals surface area contributed by atoms with Crippen LogP contribution in [0.4, 0.5) is 0 Å². The molecule has 0 unspecified atom stereocenters. The Balaban J connectivity index is 2.42. The van der Waals surface area contributed by atoms with Gasteiger partial charge in [-0.3, -0.25) is 9.48 Å². The summed E-state index contributed by atoms with van der Waals surface area (Å²) in [5.41, 5.74) is 0.544. The highest BCUT2D eigenvalue weighted by Gasteiger charge is 2.23. The second-order valence-electron chi connectivity index (χ2n) is 4.79. The highest BCUT2D eigenvalue weighted by atomic mass is 35.5. The van der Waals surface area contributed by atoms with Crippen molar-refractivity contribution < 1.29 is 4.79 Å². The van der Waals surface area contributed by atoms with Gasteiger partial charge in [0.2, 0.25) is 5.78 Å². The molecule has 4 nitrogen and oxygen atoms in total. The van der Waals surface area contributed by atoms with Crippen LogP contribution in [0.5, 0.6) is 0 Å². The van der Waals surface area contributed by atoms with E-state index in [9.17, 15) is 4.79 Å². The maximum absolute atomic E-state index is 12.7. The number of carbonyl (C=O) groups is 1. The first kappa shape index (κ1) is 16.3. The topological polar surface area (TPSA) is 38.1 Å². The van der Waals surface area contributed by atoms with Crippen molar-refractivity contribution in [3.05, 3.63) is 50.7 Å². The van der Waals surface area contributed by atoms with Crippen LogP contribution in [0, 0.1) is 0 Å². The lowest BCUT2D eigenvalue weighted by molar-refractivity contribution is 0.102. The van der Waals surface area contributed by atoms with Crippen LogP contribution in [-0.4, -0.2) is 41.1 Å². The SMILES string of the molecule is CN(C)CCn1ncc(Cl)c1C(=O)c1c(Cl)cccc1Cl. The number of carbonyl (C=O) groups excluding carboxylic acids is 1. The molecule has 0 amide bonds. The van der Waals surface area contributed by atoms with E-state index in [1.807, 2.05) is 19.0 Å². The van der Waals surface area contributed by atoms with Gasteiger partial charge in [0, 0.05) is 6.54 Å². The van der Waals surface area contributed by atoms with E-state index in [4.69, 9.17) is 34.8 Å². The Hall–Kier alpha value is -1.07. The van der Waals surface area contributed by atoms with Crippen molar-refractivity contribution in [2.24, 2.45) is 0 Å². The van der Waals surface area contributed by atoms with Crippen LogP contribution in [0.2, 0.25) is 15.1 Å². The van der Waals surface area contributed by atoms with Gasteiger partial charge in [0.1, 0.15) is 5.69 Å². The van der Waals surface area contributed by atoms with Gasteiger partial charge >= 0.3 is 0 Å². The Morgan fingerprint density at radius 1 is 1.19 bits per heavy atom. The average molecular weight is 347 g/mol. The zero-order valence-electron chi connectivity index (χ0n) is 11.6. The summed E-state index contributed by atoms with van der Waals surface area (Å²) >= 11 is 18.3. The molecule has 0 saturated heterocycles. The standard InChI is InChI=1S/C14H14Cl3N3O/c1-19(2)6-7-20-13(11(17)8-18-20)14(21)12-9(15)4-3-5-10(12)16/h3-5,8H,6-7H2,1-2H3. The molecule has 1 aromatic heterocycles. The van der Waals surface area contributed by atoms with Crippen molar-refractivity contribution in [3.63, 3.8) is 0 Å². The molecule has 0 bridgehead atoms. The normalized spacial score (nSPS) is 11.1. The van der Waals surface area contributed by atoms with Crippen LogP contribution < -0.4 is 0 Å². The van der Waals surface area contributed by atoms with E-state index in [-0.39, 0.29) is 16.4 Å². The van der Waals surface area contributed by atoms with E-state index in [1.54, 1.807) is 22.9 Å². The molecule has 0 fully saturated rings. The van der Waals surface area contributed by atoms with Gasteiger partial charge in [-0.05, 0) is 26.2 Å². The average Bonchev–Trinajstić information content (AvgIpc) is 2.77. The number of nitrogens with zero attached hydrogens (tertiary/aromatic N) is 3. The number of rotatable bonds is 5. The molecule has 7 heteroatoms. The van der Waals surface area contributed by atoms with Crippen LogP contribution >= 0.6 is 34.8 Å². The Morgan fingerprint density at radius 3 is 2.38 bits per heavy atom. The molecule has 0 saturated carbocycles. The first-order valence-electron chi connectivity index (χ1n) is 6.26. The smallest absolute Gasteiger partial charge is 0.215 e. The first-order valence-corrected chi connectivity index (χ1v) is 7.40. The number of hydrogen-bond acceptors (Lipinski definition) is 3. The fraction of sp³-hybridized carbons (Fsp3) is 0.286. The zero-order valence-corrected chi connectivity index (χ0v) is 13.9. The quantitative estimate of drug-likeness (QED) is 0.776. The van der Waals surface area contributed by atoms with E-state index in [1.165, 1.54) is 6.20 Å². The van der Waals surface area contributed by atoms with Crippen molar-refractivity contribution in [1.82, 2.24) is 14.7 Å². The maximum Gasteiger partial charge on any atom is 0.215 e. The third-order valence-electron chi connectivity index (χ3n) is 2.96. The molecule has 0 aliphatic rings. The molecule has 112 valence electrons. The van der Waals surface area contributed by atoms with Crippen LogP contribution in [0.25, 0.3) is 0 Å². The molecule has 0 spiro atoms. The molecule has 0 N–H and O–H groups in total. The number of likely N-dealkylation sites (N-methyl/N-ethyl adjacent to an activating group) is 1. The molecular weight excluding hydrogens is 333 g/mol. The van der Waals surface area contributed by atoms with Gasteiger partial charge in [0.15, 0.2) is 0 Å². The minimum atomic E-state index is -0.327. The Morgan fingerprint density at radius 2 is 1.81 bits per heavy atom. The first-order chi connectivity index (χ1) is 9.91. The van der Waals surface area contributed by atoms with Gasteiger partial charge in [-0.2, -0.15) is 5.10 Å². The lowest BCUT2D eigenvalue weighted by Crippen LogP contribution is -2.22. The molecule has 2 aromatic rings. The number of benzene rings is 1. The maximum atomic E-state index is 12.7. The van der Waals surface area contributed by atoms with Crippen molar-refractivity contribution in [2.45, 2.75) is 6.54 Å². The molecule has 2 rings (SSSR count). The van der Waals surface area contributed by atoms with Crippen molar-refractivity contribution >= 4 is 40.6 Å². The Labute approximate surface area is 138 Å². The number of hydrogen-bond donors (Lipinski definition) is 0. The van der Waals surface area contributed by atoms with E-state index in [2.05, 4.69) is 5.10 Å². The van der Waals surface area contributed by atoms with Crippen LogP contribution in [-0.2, 0) is 6.54 Å². The predicted octanol–water partition coefficient (Wildman–Crippen LogP) is 3.64. The molecule has 0 aliphatic heterocycles. The van der Waals surface area contributed by atoms with Gasteiger partial charge in [0.05, 0.1) is 33.4 Å². The summed E-state index contributed by atoms with van der Waals surface area (Å²) in [5.74, 6) is -0.327. The van der Waals surface area contributed by atoms with E-state index in [0.29, 0.717) is 22.3 Å². The van der Waals surface area contributed by atoms with Gasteiger partial charge < -0.3 is 4.90 Å². The third-order valence-corrected chi connectivity index (χ3v) is 3.87. The third kappa shape index (κ3) is 3.58. The lowest BCUT2D eigenvalue weighted by Gasteiger charge is -2.12. The molecular formula is C14H14Cl3N3O. The highest BCUT2D eigenvalue weighted by molar-refractivity contribution is 6.42. The molecule has 0 atom stereocenters. The molecule has 1 heterocycles. The van der Waals surface area contributed by atoms with Crippen LogP contribution in [0.3, 0.4) is 0 Å². The van der Waals surface area contributed by atoms with Crippen molar-refractivity contribution in [1.29, 1.82) is 0 Å². The van der Waals surface area contributed by atoms with E-state index >= 15 is 0 Å². The molecule has 0 radical (unpaired) electrons. The molecule has 0 aliphatic carbocycles. The van der Waals surface area contributed by atoms with Crippen LogP contribution in [0.15, 0.2) is 24.4 Å². The van der Waals surface area contributed by atoms with E-state index < -0.39 is 0 Å². The second-order valence-corrected chi connectivity index (χ2v) is 6.01. The summed E-state index contributed by atoms with van der Waals surface area (Å²) in [6.45, 7) is 1.28. The molecule has 1 aromatic carbocycles. The minimum absolute atomic E-state index is 0.245. The summed E-state index contributed by atoms with van der Waals surface area (Å²) in [6, 6.07) is 4.93. The summed E-state index contributed by atoms with van der Waals surface area (Å²) in [5, 5.41) is 5.02. The van der Waals surface area contributed by atoms with Gasteiger partial charge in [0.25, 0.3) is 0 Å². The van der Waals surface area contributed by atoms with E-state index in [0.717, 1.165) is 6.54 Å². The van der Waals surface area contributed by atoms with Gasteiger partial charge in [-0.25, -0.2) is 0 Å². The second kappa shape index (κ2) is 6.79. The summed E-state index contributed by atoms with van der Waals surface area (Å²) in [4.78, 5) is 14.7. The zero-order chi connectivity index (χ0) is 15.6. The van der Waals surface area contributed by atoms with Crippen LogP contribution in [0.1, 0.15) is 16.1 Å². The molecule has 21 heavy (non-hydrogen) atoms. The summed E-state index contributed by atoms with van der Waals surface area (Å²) in [6.07, 6.45) is 1.45. The minimum Gasteiger partial charge on any atom is -0.308 e. The lowest BCUT2D eigenvalue weighted by atomic mass is 10.1. The fourth-order valence-electron chi connectivity index (χ4n) is 1.89. The Bertz CT molecular complexity index is 647. The van der Waals surface area contributed by atoms with Gasteiger partial charge in [-0.15, -0.1) is 0 Å². The fourth-order valence-corrected chi connectivity index (χ4v) is 2.68. The monoisotopic (exact) mass is 345 g/mol. The van der Waals surface area contributed by atoms with Crippen molar-refractivity contribution in [3.8, 4) is 0 Å².